The number of amides is 1. The highest BCUT2D eigenvalue weighted by Gasteiger charge is 2.15. The second-order valence-electron chi connectivity index (χ2n) is 2.75. The van der Waals surface area contributed by atoms with Gasteiger partial charge in [-0.3, -0.25) is 0 Å². The summed E-state index contributed by atoms with van der Waals surface area (Å²) in [5.41, 5.74) is 0. The minimum Gasteiger partial charge on any atom is -0.473 e. The molecule has 0 aromatic carbocycles. The molecule has 1 aliphatic rings. The van der Waals surface area contributed by atoms with Gasteiger partial charge in [0.2, 0.25) is 0 Å². The summed E-state index contributed by atoms with van der Waals surface area (Å²) in [6.07, 6.45) is -0.0181. The minimum atomic E-state index is -1.82. The molecule has 1 saturated heterocycles. The molecule has 0 aliphatic carbocycles. The van der Waals surface area contributed by atoms with Gasteiger partial charge in [0.15, 0.2) is 0 Å². The van der Waals surface area contributed by atoms with E-state index in [2.05, 4.69) is 10.6 Å². The van der Waals surface area contributed by atoms with E-state index in [0.717, 1.165) is 19.5 Å². The van der Waals surface area contributed by atoms with E-state index >= 15 is 0 Å². The first-order chi connectivity index (χ1) is 6.93. The molecule has 8 nitrogen and oxygen atoms in total. The first-order valence-electron chi connectivity index (χ1n) is 4.10. The number of carbonyl (C=O) groups is 3. The topological polar surface area (TPSA) is 136 Å². The molecule has 1 heterocycles. The minimum absolute atomic E-state index is 0.127. The Hall–Kier alpha value is -1.83. The maximum absolute atomic E-state index is 10.0. The van der Waals surface area contributed by atoms with Gasteiger partial charge in [0, 0.05) is 12.6 Å². The monoisotopic (exact) mass is 220 g/mol. The Labute approximate surface area is 84.9 Å². The van der Waals surface area contributed by atoms with Crippen molar-refractivity contribution in [3.63, 3.8) is 0 Å². The second-order valence-corrected chi connectivity index (χ2v) is 2.75. The van der Waals surface area contributed by atoms with Crippen molar-refractivity contribution in [1.29, 1.82) is 0 Å². The van der Waals surface area contributed by atoms with Crippen LogP contribution in [-0.4, -0.2) is 52.5 Å². The zero-order valence-corrected chi connectivity index (χ0v) is 7.77. The summed E-state index contributed by atoms with van der Waals surface area (Å²) in [6, 6.07) is 0.127. The molecule has 0 aromatic heterocycles. The van der Waals surface area contributed by atoms with E-state index in [1.54, 1.807) is 0 Å². The Bertz CT molecular complexity index is 236. The van der Waals surface area contributed by atoms with Gasteiger partial charge >= 0.3 is 18.0 Å². The van der Waals surface area contributed by atoms with E-state index in [1.165, 1.54) is 0 Å². The molecule has 0 spiro atoms. The number of hydrogen-bond acceptors (Lipinski definition) is 4. The van der Waals surface area contributed by atoms with Crippen LogP contribution in [0.4, 0.5) is 4.79 Å². The average molecular weight is 220 g/mol. The van der Waals surface area contributed by atoms with Gasteiger partial charge in [0.1, 0.15) is 0 Å². The summed E-state index contributed by atoms with van der Waals surface area (Å²) in [6.45, 7) is 1.69. The molecule has 0 aromatic rings. The molecule has 5 N–H and O–H groups in total. The molecular weight excluding hydrogens is 208 g/mol. The maximum atomic E-state index is 10.0. The molecule has 8 heteroatoms. The van der Waals surface area contributed by atoms with Gasteiger partial charge in [-0.25, -0.2) is 14.4 Å². The second kappa shape index (κ2) is 6.60. The molecule has 15 heavy (non-hydrogen) atoms. The van der Waals surface area contributed by atoms with Crippen molar-refractivity contribution in [3.8, 4) is 0 Å². The van der Waals surface area contributed by atoms with Crippen LogP contribution in [0.1, 0.15) is 6.42 Å². The van der Waals surface area contributed by atoms with Crippen LogP contribution in [0.15, 0.2) is 0 Å². The summed E-state index contributed by atoms with van der Waals surface area (Å²) < 4.78 is 0. The van der Waals surface area contributed by atoms with Gasteiger partial charge in [-0.05, 0) is 13.0 Å². The number of aliphatic carboxylic acids is 2. The summed E-state index contributed by atoms with van der Waals surface area (Å²) in [5, 5.41) is 28.5. The molecule has 0 unspecified atom stereocenters. The Morgan fingerprint density at radius 3 is 1.93 bits per heavy atom. The van der Waals surface area contributed by atoms with Crippen LogP contribution in [0.5, 0.6) is 0 Å². The first kappa shape index (κ1) is 13.2. The third-order valence-electron chi connectivity index (χ3n) is 1.57. The van der Waals surface area contributed by atoms with Crippen LogP contribution in [-0.2, 0) is 9.59 Å². The Balaban J connectivity index is 0.000000288. The van der Waals surface area contributed by atoms with Crippen molar-refractivity contribution in [2.24, 2.45) is 0 Å². The van der Waals surface area contributed by atoms with E-state index < -0.39 is 18.0 Å². The van der Waals surface area contributed by atoms with E-state index in [0.29, 0.717) is 0 Å². The lowest BCUT2D eigenvalue weighted by Crippen LogP contribution is -2.34. The highest BCUT2D eigenvalue weighted by Crippen LogP contribution is 1.95. The van der Waals surface area contributed by atoms with E-state index in [4.69, 9.17) is 24.9 Å². The molecule has 1 rings (SSSR count). The molecule has 0 radical (unpaired) electrons. The largest absolute Gasteiger partial charge is 0.473 e. The lowest BCUT2D eigenvalue weighted by Gasteiger charge is -2.05. The van der Waals surface area contributed by atoms with Crippen molar-refractivity contribution < 1.29 is 29.7 Å². The molecule has 1 fully saturated rings. The highest BCUT2D eigenvalue weighted by molar-refractivity contribution is 6.27. The van der Waals surface area contributed by atoms with Crippen molar-refractivity contribution in [2.75, 3.05) is 13.1 Å². The van der Waals surface area contributed by atoms with Crippen LogP contribution >= 0.6 is 0 Å². The van der Waals surface area contributed by atoms with E-state index in [9.17, 15) is 4.79 Å². The number of hydrogen-bond donors (Lipinski definition) is 5. The number of rotatable bonds is 1. The lowest BCUT2D eigenvalue weighted by atomic mass is 10.3. The fourth-order valence-electron chi connectivity index (χ4n) is 0.952. The molecule has 0 saturated carbocycles. The summed E-state index contributed by atoms with van der Waals surface area (Å²) in [5.74, 6) is -3.65. The average Bonchev–Trinajstić information content (AvgIpc) is 2.56. The molecular formula is C7H12N2O6. The quantitative estimate of drug-likeness (QED) is 0.349. The van der Waals surface area contributed by atoms with Crippen LogP contribution in [0.2, 0.25) is 0 Å². The van der Waals surface area contributed by atoms with Crippen LogP contribution in [0.25, 0.3) is 0 Å². The fraction of sp³-hybridized carbons (Fsp3) is 0.571. The van der Waals surface area contributed by atoms with Crippen molar-refractivity contribution in [1.82, 2.24) is 10.6 Å². The zero-order valence-electron chi connectivity index (χ0n) is 7.77. The van der Waals surface area contributed by atoms with Crippen molar-refractivity contribution >= 4 is 18.0 Å². The van der Waals surface area contributed by atoms with Crippen LogP contribution in [0.3, 0.4) is 0 Å². The zero-order chi connectivity index (χ0) is 11.8. The first-order valence-corrected chi connectivity index (χ1v) is 4.10. The SMILES string of the molecule is O=C(O)C(=O)O.O=C(O)N[C@@H]1CCNC1. The molecule has 1 amide bonds. The Kier molecular flexibility index (Phi) is 5.79. The predicted molar refractivity (Wildman–Crippen MR) is 47.7 cm³/mol. The van der Waals surface area contributed by atoms with Gasteiger partial charge in [0.25, 0.3) is 0 Å². The van der Waals surface area contributed by atoms with E-state index in [-0.39, 0.29) is 6.04 Å². The third-order valence-corrected chi connectivity index (χ3v) is 1.57. The molecule has 0 bridgehead atoms. The van der Waals surface area contributed by atoms with Crippen LogP contribution < -0.4 is 10.6 Å². The number of nitrogens with one attached hydrogen (secondary N) is 2. The predicted octanol–water partition coefficient (Wildman–Crippen LogP) is -1.23. The summed E-state index contributed by atoms with van der Waals surface area (Å²) >= 11 is 0. The van der Waals surface area contributed by atoms with Gasteiger partial charge < -0.3 is 26.0 Å². The highest BCUT2D eigenvalue weighted by atomic mass is 16.4. The standard InChI is InChI=1S/C5H10N2O2.C2H2O4/c8-5(9)7-4-1-2-6-3-4;3-1(4)2(5)6/h4,6-7H,1-3H2,(H,8,9);(H,3,4)(H,5,6)/t4-;/m1./s1. The maximum Gasteiger partial charge on any atom is 0.414 e. The molecule has 1 atom stereocenters. The lowest BCUT2D eigenvalue weighted by molar-refractivity contribution is -0.159. The van der Waals surface area contributed by atoms with Crippen molar-refractivity contribution in [2.45, 2.75) is 12.5 Å². The summed E-state index contributed by atoms with van der Waals surface area (Å²) in [4.78, 5) is 28.2. The van der Waals surface area contributed by atoms with Gasteiger partial charge in [-0.1, -0.05) is 0 Å². The summed E-state index contributed by atoms with van der Waals surface area (Å²) in [7, 11) is 0. The Morgan fingerprint density at radius 2 is 1.67 bits per heavy atom. The van der Waals surface area contributed by atoms with Crippen molar-refractivity contribution in [3.05, 3.63) is 0 Å². The normalized spacial score (nSPS) is 18.5. The van der Waals surface area contributed by atoms with Gasteiger partial charge in [0.05, 0.1) is 0 Å². The molecule has 86 valence electrons. The number of carboxylic acid groups (broad SMARTS) is 3. The number of carboxylic acids is 2. The van der Waals surface area contributed by atoms with Gasteiger partial charge in [-0.15, -0.1) is 0 Å². The van der Waals surface area contributed by atoms with E-state index in [1.807, 2.05) is 0 Å². The van der Waals surface area contributed by atoms with Gasteiger partial charge in [-0.2, -0.15) is 0 Å². The van der Waals surface area contributed by atoms with Crippen LogP contribution in [0, 0.1) is 0 Å². The third kappa shape index (κ3) is 7.26. The Morgan fingerprint density at radius 1 is 1.13 bits per heavy atom. The molecule has 1 aliphatic heterocycles. The fourth-order valence-corrected chi connectivity index (χ4v) is 0.952. The smallest absolute Gasteiger partial charge is 0.414 e.